The lowest BCUT2D eigenvalue weighted by molar-refractivity contribution is 0.223. The van der Waals surface area contributed by atoms with Gasteiger partial charge >= 0.3 is 6.03 Å². The molecule has 4 heteroatoms. The molecule has 0 saturated heterocycles. The van der Waals surface area contributed by atoms with E-state index in [1.807, 2.05) is 62.4 Å². The van der Waals surface area contributed by atoms with Crippen LogP contribution in [-0.2, 0) is 6.54 Å². The summed E-state index contributed by atoms with van der Waals surface area (Å²) in [5, 5.41) is 5.44. The number of aryl methyl sites for hydroxylation is 2. The van der Waals surface area contributed by atoms with Crippen LogP contribution in [0.25, 0.3) is 0 Å². The number of hydrogen-bond acceptors (Lipinski definition) is 2. The van der Waals surface area contributed by atoms with Crippen LogP contribution < -0.4 is 15.4 Å². The molecule has 0 fully saturated rings. The first-order chi connectivity index (χ1) is 10.1. The van der Waals surface area contributed by atoms with Crippen molar-refractivity contribution in [3.8, 4) is 5.75 Å². The smallest absolute Gasteiger partial charge is 0.317 e. The Hall–Kier alpha value is -2.49. The molecule has 110 valence electrons. The number of carbonyl (C=O) groups is 1. The third kappa shape index (κ3) is 4.84. The maximum atomic E-state index is 11.6. The molecule has 2 rings (SSSR count). The maximum absolute atomic E-state index is 11.6. The van der Waals surface area contributed by atoms with Crippen molar-refractivity contribution in [2.45, 2.75) is 20.4 Å². The van der Waals surface area contributed by atoms with Crippen LogP contribution in [0.5, 0.6) is 5.75 Å². The van der Waals surface area contributed by atoms with Gasteiger partial charge in [-0.3, -0.25) is 0 Å². The average molecular weight is 284 g/mol. The Bertz CT molecular complexity index is 597. The molecule has 0 unspecified atom stereocenters. The van der Waals surface area contributed by atoms with Crippen molar-refractivity contribution in [3.05, 3.63) is 65.2 Å². The van der Waals surface area contributed by atoms with Crippen molar-refractivity contribution in [2.75, 3.05) is 6.73 Å². The summed E-state index contributed by atoms with van der Waals surface area (Å²) in [6.07, 6.45) is 0. The zero-order chi connectivity index (χ0) is 15.1. The van der Waals surface area contributed by atoms with Gasteiger partial charge in [0.1, 0.15) is 5.75 Å². The minimum atomic E-state index is -0.248. The van der Waals surface area contributed by atoms with Crippen molar-refractivity contribution in [1.29, 1.82) is 0 Å². The lowest BCUT2D eigenvalue weighted by atomic mass is 10.1. The molecule has 0 aromatic heterocycles. The first-order valence-corrected chi connectivity index (χ1v) is 6.91. The Balaban J connectivity index is 1.70. The van der Waals surface area contributed by atoms with E-state index in [9.17, 15) is 4.79 Å². The second kappa shape index (κ2) is 7.33. The van der Waals surface area contributed by atoms with Crippen LogP contribution >= 0.6 is 0 Å². The first-order valence-electron chi connectivity index (χ1n) is 6.91. The van der Waals surface area contributed by atoms with Crippen molar-refractivity contribution in [2.24, 2.45) is 0 Å². The zero-order valence-electron chi connectivity index (χ0n) is 12.3. The monoisotopic (exact) mass is 284 g/mol. The van der Waals surface area contributed by atoms with E-state index in [0.29, 0.717) is 6.54 Å². The van der Waals surface area contributed by atoms with E-state index < -0.39 is 0 Å². The molecule has 0 spiro atoms. The first kappa shape index (κ1) is 14.9. The van der Waals surface area contributed by atoms with E-state index in [1.54, 1.807) is 0 Å². The highest BCUT2D eigenvalue weighted by Gasteiger charge is 2.01. The minimum absolute atomic E-state index is 0.142. The number of rotatable bonds is 5. The summed E-state index contributed by atoms with van der Waals surface area (Å²) in [5.74, 6) is 0.751. The van der Waals surface area contributed by atoms with E-state index in [1.165, 1.54) is 11.1 Å². The Morgan fingerprint density at radius 3 is 2.48 bits per heavy atom. The molecule has 0 aliphatic carbocycles. The van der Waals surface area contributed by atoms with Gasteiger partial charge in [0.15, 0.2) is 6.73 Å². The van der Waals surface area contributed by atoms with Crippen molar-refractivity contribution >= 4 is 6.03 Å². The van der Waals surface area contributed by atoms with Gasteiger partial charge in [-0.15, -0.1) is 0 Å². The molecule has 0 saturated carbocycles. The normalized spacial score (nSPS) is 10.0. The zero-order valence-corrected chi connectivity index (χ0v) is 12.3. The van der Waals surface area contributed by atoms with Gasteiger partial charge in [0, 0.05) is 6.54 Å². The molecule has 4 nitrogen and oxygen atoms in total. The van der Waals surface area contributed by atoms with Crippen molar-refractivity contribution in [3.63, 3.8) is 0 Å². The third-order valence-electron chi connectivity index (χ3n) is 3.25. The van der Waals surface area contributed by atoms with Crippen LogP contribution in [0.1, 0.15) is 16.7 Å². The van der Waals surface area contributed by atoms with Crippen LogP contribution in [0.4, 0.5) is 4.79 Å². The van der Waals surface area contributed by atoms with Crippen LogP contribution in [0.15, 0.2) is 48.5 Å². The summed E-state index contributed by atoms with van der Waals surface area (Å²) in [6.45, 7) is 4.72. The number of amides is 2. The SMILES string of the molecule is Cc1ccc(OCNC(=O)NCc2ccccc2)cc1C. The van der Waals surface area contributed by atoms with E-state index >= 15 is 0 Å². The average Bonchev–Trinajstić information content (AvgIpc) is 2.50. The van der Waals surface area contributed by atoms with Crippen LogP contribution in [-0.4, -0.2) is 12.8 Å². The predicted molar refractivity (Wildman–Crippen MR) is 83.2 cm³/mol. The summed E-state index contributed by atoms with van der Waals surface area (Å²) in [6, 6.07) is 15.4. The van der Waals surface area contributed by atoms with Gasteiger partial charge in [-0.25, -0.2) is 4.79 Å². The number of carbonyl (C=O) groups excluding carboxylic acids is 1. The number of ether oxygens (including phenoxy) is 1. The molecular formula is C17H20N2O2. The largest absolute Gasteiger partial charge is 0.473 e. The molecule has 2 aromatic rings. The van der Waals surface area contributed by atoms with Gasteiger partial charge < -0.3 is 15.4 Å². The fourth-order valence-electron chi connectivity index (χ4n) is 1.83. The quantitative estimate of drug-likeness (QED) is 0.829. The van der Waals surface area contributed by atoms with Gasteiger partial charge in [0.2, 0.25) is 0 Å². The molecule has 0 heterocycles. The highest BCUT2D eigenvalue weighted by Crippen LogP contribution is 2.15. The molecule has 2 aromatic carbocycles. The molecular weight excluding hydrogens is 264 g/mol. The van der Waals surface area contributed by atoms with Crippen LogP contribution in [0.3, 0.4) is 0 Å². The maximum Gasteiger partial charge on any atom is 0.317 e. The van der Waals surface area contributed by atoms with Gasteiger partial charge in [0.25, 0.3) is 0 Å². The Kier molecular flexibility index (Phi) is 5.21. The standard InChI is InChI=1S/C17H20N2O2/c1-13-8-9-16(10-14(13)2)21-12-19-17(20)18-11-15-6-4-3-5-7-15/h3-10H,11-12H2,1-2H3,(H2,18,19,20). The van der Waals surface area contributed by atoms with Crippen LogP contribution in [0.2, 0.25) is 0 Å². The van der Waals surface area contributed by atoms with E-state index in [-0.39, 0.29) is 12.8 Å². The fraction of sp³-hybridized carbons (Fsp3) is 0.235. The van der Waals surface area contributed by atoms with Gasteiger partial charge in [-0.05, 0) is 42.7 Å². The summed E-state index contributed by atoms with van der Waals surface area (Å²) in [5.41, 5.74) is 3.44. The van der Waals surface area contributed by atoms with Crippen molar-refractivity contribution in [1.82, 2.24) is 10.6 Å². The Morgan fingerprint density at radius 1 is 1.00 bits per heavy atom. The van der Waals surface area contributed by atoms with E-state index in [2.05, 4.69) is 10.6 Å². The van der Waals surface area contributed by atoms with Gasteiger partial charge in [-0.2, -0.15) is 0 Å². The number of nitrogens with one attached hydrogen (secondary N) is 2. The number of urea groups is 1. The molecule has 21 heavy (non-hydrogen) atoms. The van der Waals surface area contributed by atoms with Gasteiger partial charge in [0.05, 0.1) is 0 Å². The summed E-state index contributed by atoms with van der Waals surface area (Å²) < 4.78 is 5.49. The number of benzene rings is 2. The molecule has 0 atom stereocenters. The van der Waals surface area contributed by atoms with Gasteiger partial charge in [-0.1, -0.05) is 36.4 Å². The molecule has 2 amide bonds. The summed E-state index contributed by atoms with van der Waals surface area (Å²) >= 11 is 0. The summed E-state index contributed by atoms with van der Waals surface area (Å²) in [4.78, 5) is 11.6. The van der Waals surface area contributed by atoms with Crippen LogP contribution in [0, 0.1) is 13.8 Å². The highest BCUT2D eigenvalue weighted by atomic mass is 16.5. The lowest BCUT2D eigenvalue weighted by Crippen LogP contribution is -2.37. The minimum Gasteiger partial charge on any atom is -0.473 e. The summed E-state index contributed by atoms with van der Waals surface area (Å²) in [7, 11) is 0. The second-order valence-corrected chi connectivity index (χ2v) is 4.88. The highest BCUT2D eigenvalue weighted by molar-refractivity contribution is 5.73. The molecule has 2 N–H and O–H groups in total. The predicted octanol–water partition coefficient (Wildman–Crippen LogP) is 3.14. The second-order valence-electron chi connectivity index (χ2n) is 4.88. The third-order valence-corrected chi connectivity index (χ3v) is 3.25. The Morgan fingerprint density at radius 2 is 1.76 bits per heavy atom. The van der Waals surface area contributed by atoms with E-state index in [4.69, 9.17) is 4.74 Å². The Labute approximate surface area is 125 Å². The molecule has 0 aliphatic heterocycles. The lowest BCUT2D eigenvalue weighted by Gasteiger charge is -2.10. The topological polar surface area (TPSA) is 50.4 Å². The molecule has 0 aliphatic rings. The fourth-order valence-corrected chi connectivity index (χ4v) is 1.83. The molecule has 0 bridgehead atoms. The number of hydrogen-bond donors (Lipinski definition) is 2. The van der Waals surface area contributed by atoms with E-state index in [0.717, 1.165) is 11.3 Å². The van der Waals surface area contributed by atoms with Crippen molar-refractivity contribution < 1.29 is 9.53 Å². The molecule has 0 radical (unpaired) electrons.